The molecule has 0 radical (unpaired) electrons. The van der Waals surface area contributed by atoms with Gasteiger partial charge in [-0.2, -0.15) is 15.0 Å². The Morgan fingerprint density at radius 2 is 1.47 bits per heavy atom. The monoisotopic (exact) mass is 246 g/mol. The zero-order valence-corrected chi connectivity index (χ0v) is 10.1. The maximum atomic E-state index is 5.73. The molecule has 0 aromatic carbocycles. The van der Waals surface area contributed by atoms with Crippen LogP contribution in [0.15, 0.2) is 0 Å². The molecule has 6 heteroatoms. The molecule has 0 N–H and O–H groups in total. The van der Waals surface area contributed by atoms with Crippen molar-refractivity contribution in [1.82, 2.24) is 15.0 Å². The van der Waals surface area contributed by atoms with E-state index in [-0.39, 0.29) is 10.6 Å². The Morgan fingerprint density at radius 3 is 1.93 bits per heavy atom. The number of hydrogen-bond acceptors (Lipinski definition) is 4. The van der Waals surface area contributed by atoms with Crippen LogP contribution in [0.5, 0.6) is 0 Å². The Labute approximate surface area is 98.6 Å². The molecule has 2 atom stereocenters. The number of hydrogen-bond donors (Lipinski definition) is 0. The third-order valence-electron chi connectivity index (χ3n) is 2.84. The van der Waals surface area contributed by atoms with Gasteiger partial charge in [-0.05, 0) is 35.0 Å². The predicted molar refractivity (Wildman–Crippen MR) is 60.4 cm³/mol. The molecule has 2 heterocycles. The van der Waals surface area contributed by atoms with Gasteiger partial charge < -0.3 is 4.90 Å². The largest absolute Gasteiger partial charge is 0.340 e. The molecule has 1 aromatic rings. The third kappa shape index (κ3) is 2.32. The van der Waals surface area contributed by atoms with Crippen LogP contribution in [-0.4, -0.2) is 28.0 Å². The van der Waals surface area contributed by atoms with Crippen molar-refractivity contribution in [2.75, 3.05) is 18.0 Å². The van der Waals surface area contributed by atoms with Gasteiger partial charge in [-0.15, -0.1) is 0 Å². The van der Waals surface area contributed by atoms with Crippen LogP contribution in [0, 0.1) is 11.8 Å². The van der Waals surface area contributed by atoms with Crippen molar-refractivity contribution in [3.63, 3.8) is 0 Å². The Hall–Kier alpha value is -0.610. The normalized spacial score (nSPS) is 26.0. The van der Waals surface area contributed by atoms with Gasteiger partial charge in [0.25, 0.3) is 0 Å². The smallest absolute Gasteiger partial charge is 0.230 e. The SMILES string of the molecule is CC1CN(c2nc(Cl)nc(Cl)n2)CC1C. The summed E-state index contributed by atoms with van der Waals surface area (Å²) in [4.78, 5) is 14.0. The van der Waals surface area contributed by atoms with Gasteiger partial charge in [-0.1, -0.05) is 13.8 Å². The molecule has 1 fully saturated rings. The minimum absolute atomic E-state index is 0.150. The molecule has 0 spiro atoms. The van der Waals surface area contributed by atoms with Gasteiger partial charge in [-0.3, -0.25) is 0 Å². The second-order valence-electron chi connectivity index (χ2n) is 4.03. The van der Waals surface area contributed by atoms with Crippen molar-refractivity contribution < 1.29 is 0 Å². The van der Waals surface area contributed by atoms with Crippen LogP contribution < -0.4 is 4.90 Å². The summed E-state index contributed by atoms with van der Waals surface area (Å²) < 4.78 is 0. The molecule has 1 aliphatic heterocycles. The molecule has 0 amide bonds. The lowest BCUT2D eigenvalue weighted by atomic mass is 10.0. The van der Waals surface area contributed by atoms with Crippen molar-refractivity contribution in [1.29, 1.82) is 0 Å². The number of anilines is 1. The van der Waals surface area contributed by atoms with Gasteiger partial charge in [-0.25, -0.2) is 0 Å². The van der Waals surface area contributed by atoms with Crippen molar-refractivity contribution in [2.24, 2.45) is 11.8 Å². The standard InChI is InChI=1S/C9H12Cl2N4/c1-5-3-15(4-6(5)2)9-13-7(10)12-8(11)14-9/h5-6H,3-4H2,1-2H3. The number of nitrogens with zero attached hydrogens (tertiary/aromatic N) is 4. The summed E-state index contributed by atoms with van der Waals surface area (Å²) in [5, 5.41) is 0.300. The fourth-order valence-electron chi connectivity index (χ4n) is 1.75. The van der Waals surface area contributed by atoms with E-state index < -0.39 is 0 Å². The topological polar surface area (TPSA) is 41.9 Å². The Bertz CT molecular complexity index is 341. The fraction of sp³-hybridized carbons (Fsp3) is 0.667. The second-order valence-corrected chi connectivity index (χ2v) is 4.71. The molecule has 2 rings (SSSR count). The first-order chi connectivity index (χ1) is 7.06. The van der Waals surface area contributed by atoms with Gasteiger partial charge in [0.15, 0.2) is 0 Å². The number of rotatable bonds is 1. The lowest BCUT2D eigenvalue weighted by Crippen LogP contribution is -2.22. The lowest BCUT2D eigenvalue weighted by molar-refractivity contribution is 0.494. The highest BCUT2D eigenvalue weighted by Crippen LogP contribution is 2.26. The maximum Gasteiger partial charge on any atom is 0.230 e. The summed E-state index contributed by atoms with van der Waals surface area (Å²) in [6.07, 6.45) is 0. The Balaban J connectivity index is 2.23. The molecule has 1 aromatic heterocycles. The summed E-state index contributed by atoms with van der Waals surface area (Å²) in [7, 11) is 0. The van der Waals surface area contributed by atoms with E-state index in [1.54, 1.807) is 0 Å². The van der Waals surface area contributed by atoms with E-state index in [1.165, 1.54) is 0 Å². The fourth-order valence-corrected chi connectivity index (χ4v) is 2.11. The summed E-state index contributed by atoms with van der Waals surface area (Å²) >= 11 is 11.5. The lowest BCUT2D eigenvalue weighted by Gasteiger charge is -2.15. The Morgan fingerprint density at radius 1 is 1.00 bits per heavy atom. The maximum absolute atomic E-state index is 5.73. The first-order valence-corrected chi connectivity index (χ1v) is 5.64. The molecule has 0 saturated carbocycles. The summed E-state index contributed by atoms with van der Waals surface area (Å²) in [5.41, 5.74) is 0. The molecular formula is C9H12Cl2N4. The van der Waals surface area contributed by atoms with Gasteiger partial charge in [0.05, 0.1) is 0 Å². The minimum Gasteiger partial charge on any atom is -0.340 e. The van der Waals surface area contributed by atoms with Gasteiger partial charge >= 0.3 is 0 Å². The predicted octanol–water partition coefficient (Wildman–Crippen LogP) is 2.27. The molecule has 1 saturated heterocycles. The average Bonchev–Trinajstić information content (AvgIpc) is 2.45. The Kier molecular flexibility index (Phi) is 2.98. The van der Waals surface area contributed by atoms with Crippen LogP contribution in [0.2, 0.25) is 10.6 Å². The van der Waals surface area contributed by atoms with Crippen LogP contribution in [0.4, 0.5) is 5.95 Å². The van der Waals surface area contributed by atoms with E-state index in [9.17, 15) is 0 Å². The highest BCUT2D eigenvalue weighted by atomic mass is 35.5. The van der Waals surface area contributed by atoms with Crippen molar-refractivity contribution in [3.05, 3.63) is 10.6 Å². The molecule has 0 aliphatic carbocycles. The molecular weight excluding hydrogens is 235 g/mol. The first-order valence-electron chi connectivity index (χ1n) is 4.88. The van der Waals surface area contributed by atoms with Gasteiger partial charge in [0.1, 0.15) is 0 Å². The minimum atomic E-state index is 0.150. The molecule has 1 aliphatic rings. The summed E-state index contributed by atoms with van der Waals surface area (Å²) in [6.45, 7) is 6.32. The van der Waals surface area contributed by atoms with Gasteiger partial charge in [0.2, 0.25) is 16.5 Å². The van der Waals surface area contributed by atoms with E-state index in [0.29, 0.717) is 17.8 Å². The van der Waals surface area contributed by atoms with Crippen LogP contribution in [0.1, 0.15) is 13.8 Å². The van der Waals surface area contributed by atoms with E-state index in [2.05, 4.69) is 33.7 Å². The van der Waals surface area contributed by atoms with Crippen molar-refractivity contribution in [2.45, 2.75) is 13.8 Å². The van der Waals surface area contributed by atoms with Crippen LogP contribution in [0.25, 0.3) is 0 Å². The van der Waals surface area contributed by atoms with E-state index >= 15 is 0 Å². The molecule has 82 valence electrons. The third-order valence-corrected chi connectivity index (χ3v) is 3.18. The average molecular weight is 247 g/mol. The van der Waals surface area contributed by atoms with Crippen molar-refractivity contribution in [3.8, 4) is 0 Å². The second kappa shape index (κ2) is 4.10. The molecule has 4 nitrogen and oxygen atoms in total. The van der Waals surface area contributed by atoms with Crippen molar-refractivity contribution >= 4 is 29.2 Å². The zero-order chi connectivity index (χ0) is 11.0. The van der Waals surface area contributed by atoms with Crippen LogP contribution >= 0.6 is 23.2 Å². The molecule has 15 heavy (non-hydrogen) atoms. The van der Waals surface area contributed by atoms with Crippen LogP contribution in [0.3, 0.4) is 0 Å². The number of aromatic nitrogens is 3. The highest BCUT2D eigenvalue weighted by molar-refractivity contribution is 6.31. The van der Waals surface area contributed by atoms with Crippen LogP contribution in [-0.2, 0) is 0 Å². The summed E-state index contributed by atoms with van der Waals surface area (Å²) in [6, 6.07) is 0. The quantitative estimate of drug-likeness (QED) is 0.763. The summed E-state index contributed by atoms with van der Waals surface area (Å²) in [5.74, 6) is 1.86. The van der Waals surface area contributed by atoms with E-state index in [1.807, 2.05) is 0 Å². The van der Waals surface area contributed by atoms with E-state index in [0.717, 1.165) is 13.1 Å². The number of halogens is 2. The first kappa shape index (κ1) is 10.9. The highest BCUT2D eigenvalue weighted by Gasteiger charge is 2.28. The van der Waals surface area contributed by atoms with E-state index in [4.69, 9.17) is 23.2 Å². The van der Waals surface area contributed by atoms with Gasteiger partial charge in [0, 0.05) is 13.1 Å². The zero-order valence-electron chi connectivity index (χ0n) is 8.61. The molecule has 2 unspecified atom stereocenters. The molecule has 0 bridgehead atoms.